The molecular weight excluding hydrogens is 354 g/mol. The summed E-state index contributed by atoms with van der Waals surface area (Å²) in [5.74, 6) is 0.558. The molecule has 2 aromatic rings. The second-order valence-corrected chi connectivity index (χ2v) is 6.96. The Kier molecular flexibility index (Phi) is 6.66. The fourth-order valence-corrected chi connectivity index (χ4v) is 3.11. The van der Waals surface area contributed by atoms with Crippen LogP contribution < -0.4 is 9.47 Å². The van der Waals surface area contributed by atoms with Gasteiger partial charge in [0.05, 0.1) is 13.3 Å². The minimum Gasteiger partial charge on any atom is -0.493 e. The van der Waals surface area contributed by atoms with E-state index in [4.69, 9.17) is 9.47 Å². The topological polar surface area (TPSA) is 54.4 Å². The fraction of sp³-hybridized carbons (Fsp3) is 0.364. The molecule has 0 atom stereocenters. The van der Waals surface area contributed by atoms with Gasteiger partial charge in [-0.3, -0.25) is 14.7 Å². The zero-order valence-electron chi connectivity index (χ0n) is 16.7. The van der Waals surface area contributed by atoms with Crippen molar-refractivity contribution in [3.05, 3.63) is 59.2 Å². The third-order valence-corrected chi connectivity index (χ3v) is 4.69. The van der Waals surface area contributed by atoms with Crippen LogP contribution in [0.3, 0.4) is 0 Å². The molecule has 0 spiro atoms. The Hall–Kier alpha value is -2.86. The summed E-state index contributed by atoms with van der Waals surface area (Å²) in [5.41, 5.74) is 3.54. The van der Waals surface area contributed by atoms with Gasteiger partial charge in [0.2, 0.25) is 0 Å². The van der Waals surface area contributed by atoms with Crippen molar-refractivity contribution >= 4 is 12.2 Å². The van der Waals surface area contributed by atoms with Crippen molar-refractivity contribution in [2.75, 3.05) is 33.3 Å². The van der Waals surface area contributed by atoms with Gasteiger partial charge in [0.25, 0.3) is 0 Å². The van der Waals surface area contributed by atoms with Crippen LogP contribution in [0.4, 0.5) is 0 Å². The van der Waals surface area contributed by atoms with Crippen LogP contribution in [0.1, 0.15) is 23.6 Å². The normalized spacial score (nSPS) is 15.0. The highest BCUT2D eigenvalue weighted by atomic mass is 16.6. The van der Waals surface area contributed by atoms with Crippen molar-refractivity contribution < 1.29 is 14.3 Å². The highest BCUT2D eigenvalue weighted by Crippen LogP contribution is 2.27. The highest BCUT2D eigenvalue weighted by Gasteiger charge is 2.15. The average Bonchev–Trinajstić information content (AvgIpc) is 2.69. The molecule has 0 aromatic heterocycles. The quantitative estimate of drug-likeness (QED) is 0.437. The van der Waals surface area contributed by atoms with Crippen LogP contribution in [0, 0.1) is 6.92 Å². The Labute approximate surface area is 166 Å². The van der Waals surface area contributed by atoms with E-state index in [2.05, 4.69) is 46.2 Å². The van der Waals surface area contributed by atoms with Gasteiger partial charge in [0.15, 0.2) is 11.5 Å². The molecular formula is C22H27N3O3. The first kappa shape index (κ1) is 19.9. The van der Waals surface area contributed by atoms with E-state index in [9.17, 15) is 4.79 Å². The fourth-order valence-electron chi connectivity index (χ4n) is 3.11. The average molecular weight is 381 g/mol. The summed E-state index contributed by atoms with van der Waals surface area (Å²) in [5, 5.41) is 6.67. The number of benzene rings is 2. The predicted octanol–water partition coefficient (Wildman–Crippen LogP) is 3.08. The van der Waals surface area contributed by atoms with Crippen molar-refractivity contribution in [2.45, 2.75) is 20.4 Å². The van der Waals surface area contributed by atoms with Gasteiger partial charge in [0, 0.05) is 39.6 Å². The van der Waals surface area contributed by atoms with E-state index in [-0.39, 0.29) is 5.97 Å². The lowest BCUT2D eigenvalue weighted by molar-refractivity contribution is -0.132. The summed E-state index contributed by atoms with van der Waals surface area (Å²) < 4.78 is 10.4. The summed E-state index contributed by atoms with van der Waals surface area (Å²) in [4.78, 5) is 13.6. The van der Waals surface area contributed by atoms with Crippen LogP contribution in [0.25, 0.3) is 0 Å². The Balaban J connectivity index is 1.53. The minimum atomic E-state index is -0.372. The van der Waals surface area contributed by atoms with Crippen LogP contribution in [0.5, 0.6) is 11.5 Å². The molecule has 1 aliphatic heterocycles. The Bertz CT molecular complexity index is 825. The molecule has 0 unspecified atom stereocenters. The highest BCUT2D eigenvalue weighted by molar-refractivity contribution is 5.81. The van der Waals surface area contributed by atoms with Gasteiger partial charge >= 0.3 is 5.97 Å². The predicted molar refractivity (Wildman–Crippen MR) is 110 cm³/mol. The van der Waals surface area contributed by atoms with Gasteiger partial charge in [0.1, 0.15) is 0 Å². The first-order valence-corrected chi connectivity index (χ1v) is 9.47. The molecule has 0 saturated carbocycles. The summed E-state index contributed by atoms with van der Waals surface area (Å²) in [7, 11) is 1.55. The lowest BCUT2D eigenvalue weighted by Crippen LogP contribution is -2.43. The number of hydrogen-bond acceptors (Lipinski definition) is 6. The van der Waals surface area contributed by atoms with Crippen LogP contribution >= 0.6 is 0 Å². The molecule has 0 amide bonds. The standard InChI is InChI=1S/C22H27N3O3/c1-17-4-6-19(7-5-17)16-24-10-12-25(13-11-24)23-15-20-8-9-21(28-18(2)26)22(14-20)27-3/h4-9,14-15H,10-13,16H2,1-3H3. The van der Waals surface area contributed by atoms with E-state index < -0.39 is 0 Å². The van der Waals surface area contributed by atoms with Crippen LogP contribution in [-0.2, 0) is 11.3 Å². The lowest BCUT2D eigenvalue weighted by atomic mass is 10.1. The molecule has 1 fully saturated rings. The second kappa shape index (κ2) is 9.37. The molecule has 3 rings (SSSR count). The number of esters is 1. The number of rotatable bonds is 6. The monoisotopic (exact) mass is 381 g/mol. The summed E-state index contributed by atoms with van der Waals surface area (Å²) in [6.45, 7) is 8.22. The number of hydrogen-bond donors (Lipinski definition) is 0. The van der Waals surface area contributed by atoms with Crippen LogP contribution in [0.2, 0.25) is 0 Å². The van der Waals surface area contributed by atoms with Crippen molar-refractivity contribution in [1.29, 1.82) is 0 Å². The van der Waals surface area contributed by atoms with Gasteiger partial charge in [-0.05, 0) is 36.2 Å². The minimum absolute atomic E-state index is 0.372. The van der Waals surface area contributed by atoms with E-state index in [0.717, 1.165) is 38.3 Å². The van der Waals surface area contributed by atoms with Crippen LogP contribution in [-0.4, -0.2) is 55.4 Å². The maximum Gasteiger partial charge on any atom is 0.308 e. The molecule has 0 N–H and O–H groups in total. The molecule has 0 radical (unpaired) electrons. The molecule has 2 aromatic carbocycles. The molecule has 6 heteroatoms. The van der Waals surface area contributed by atoms with E-state index in [1.54, 1.807) is 13.2 Å². The summed E-state index contributed by atoms with van der Waals surface area (Å²) in [6.07, 6.45) is 1.82. The van der Waals surface area contributed by atoms with E-state index in [0.29, 0.717) is 11.5 Å². The molecule has 1 saturated heterocycles. The Morgan fingerprint density at radius 3 is 2.43 bits per heavy atom. The van der Waals surface area contributed by atoms with Crippen molar-refractivity contribution in [1.82, 2.24) is 9.91 Å². The van der Waals surface area contributed by atoms with Gasteiger partial charge in [-0.2, -0.15) is 5.10 Å². The second-order valence-electron chi connectivity index (χ2n) is 6.96. The third-order valence-electron chi connectivity index (χ3n) is 4.69. The zero-order chi connectivity index (χ0) is 19.9. The van der Waals surface area contributed by atoms with Gasteiger partial charge in [-0.25, -0.2) is 0 Å². The summed E-state index contributed by atoms with van der Waals surface area (Å²) in [6, 6.07) is 14.1. The lowest BCUT2D eigenvalue weighted by Gasteiger charge is -2.33. The molecule has 1 aliphatic rings. The number of carbonyl (C=O) groups is 1. The maximum absolute atomic E-state index is 11.1. The van der Waals surface area contributed by atoms with Crippen molar-refractivity contribution in [2.24, 2.45) is 5.10 Å². The third kappa shape index (κ3) is 5.57. The Morgan fingerprint density at radius 2 is 1.79 bits per heavy atom. The van der Waals surface area contributed by atoms with Gasteiger partial charge in [-0.15, -0.1) is 0 Å². The number of ether oxygens (including phenoxy) is 2. The number of hydrazone groups is 1. The number of piperazine rings is 1. The molecule has 0 bridgehead atoms. The van der Waals surface area contributed by atoms with Crippen molar-refractivity contribution in [3.8, 4) is 11.5 Å². The van der Waals surface area contributed by atoms with E-state index in [1.165, 1.54) is 18.1 Å². The Morgan fingerprint density at radius 1 is 1.07 bits per heavy atom. The van der Waals surface area contributed by atoms with E-state index >= 15 is 0 Å². The molecule has 0 aliphatic carbocycles. The number of aryl methyl sites for hydroxylation is 1. The van der Waals surface area contributed by atoms with E-state index in [1.807, 2.05) is 18.3 Å². The zero-order valence-corrected chi connectivity index (χ0v) is 16.7. The first-order valence-electron chi connectivity index (χ1n) is 9.47. The maximum atomic E-state index is 11.1. The van der Waals surface area contributed by atoms with Crippen molar-refractivity contribution in [3.63, 3.8) is 0 Å². The molecule has 28 heavy (non-hydrogen) atoms. The molecule has 148 valence electrons. The number of methoxy groups -OCH3 is 1. The van der Waals surface area contributed by atoms with Crippen LogP contribution in [0.15, 0.2) is 47.6 Å². The first-order chi connectivity index (χ1) is 13.5. The summed E-state index contributed by atoms with van der Waals surface area (Å²) >= 11 is 0. The smallest absolute Gasteiger partial charge is 0.308 e. The number of nitrogens with zero attached hydrogens (tertiary/aromatic N) is 3. The van der Waals surface area contributed by atoms with Gasteiger partial charge < -0.3 is 9.47 Å². The number of carbonyl (C=O) groups excluding carboxylic acids is 1. The van der Waals surface area contributed by atoms with Gasteiger partial charge in [-0.1, -0.05) is 29.8 Å². The SMILES string of the molecule is COc1cc(C=NN2CCN(Cc3ccc(C)cc3)CC2)ccc1OC(C)=O. The molecule has 1 heterocycles. The molecule has 6 nitrogen and oxygen atoms in total. The largest absolute Gasteiger partial charge is 0.493 e.